The van der Waals surface area contributed by atoms with Crippen LogP contribution in [-0.2, 0) is 0 Å². The maximum Gasteiger partial charge on any atom is 0.337 e. The van der Waals surface area contributed by atoms with Crippen molar-refractivity contribution >= 4 is 23.9 Å². The van der Waals surface area contributed by atoms with Crippen LogP contribution in [0.25, 0.3) is 0 Å². The molecule has 270 valence electrons. The molecule has 0 unspecified atom stereocenters. The van der Waals surface area contributed by atoms with Crippen LogP contribution in [0.5, 0.6) is 0 Å². The van der Waals surface area contributed by atoms with Crippen LogP contribution in [0.4, 0.5) is 0 Å². The van der Waals surface area contributed by atoms with Gasteiger partial charge in [0.1, 0.15) is 0 Å². The standard InChI is InChI=1S/C10H6O8.4C4H11NO2/c11-7(12)3-1-2-4(8(13)14)6(10(17)18)5(3)9(15)16;4*6-3-1-5-2-4-7/h1-2H,(H,11,12)(H,13,14)(H,15,16)(H,17,18);4*5-7H,1-4H2. The molecule has 0 fully saturated rings. The van der Waals surface area contributed by atoms with Crippen molar-refractivity contribution in [1.82, 2.24) is 21.3 Å². The molecule has 16 N–H and O–H groups in total. The maximum absolute atomic E-state index is 10.9. The van der Waals surface area contributed by atoms with Crippen molar-refractivity contribution < 1.29 is 80.5 Å². The Labute approximate surface area is 265 Å². The lowest BCUT2D eigenvalue weighted by molar-refractivity contribution is 0.0619. The second kappa shape index (κ2) is 37.8. The first-order valence-electron chi connectivity index (χ1n) is 13.7. The van der Waals surface area contributed by atoms with Crippen molar-refractivity contribution in [3.05, 3.63) is 34.4 Å². The average Bonchev–Trinajstić information content (AvgIpc) is 3.02. The molecule has 0 aliphatic carbocycles. The van der Waals surface area contributed by atoms with E-state index in [1.165, 1.54) is 0 Å². The zero-order valence-electron chi connectivity index (χ0n) is 25.5. The minimum atomic E-state index is -1.83. The first-order valence-corrected chi connectivity index (χ1v) is 13.7. The van der Waals surface area contributed by atoms with E-state index in [4.69, 9.17) is 61.3 Å². The topological polar surface area (TPSA) is 359 Å². The van der Waals surface area contributed by atoms with E-state index in [1.807, 2.05) is 0 Å². The largest absolute Gasteiger partial charge is 0.478 e. The monoisotopic (exact) mass is 674 g/mol. The Balaban J connectivity index is -0.000000264. The van der Waals surface area contributed by atoms with E-state index < -0.39 is 46.1 Å². The molecule has 46 heavy (non-hydrogen) atoms. The molecule has 0 aromatic heterocycles. The number of hydrogen-bond donors (Lipinski definition) is 16. The molecule has 0 saturated carbocycles. The average molecular weight is 675 g/mol. The van der Waals surface area contributed by atoms with Gasteiger partial charge in [0.15, 0.2) is 0 Å². The summed E-state index contributed by atoms with van der Waals surface area (Å²) in [5, 5.41) is 111. The number of rotatable bonds is 20. The Kier molecular flexibility index (Phi) is 40.7. The number of benzene rings is 1. The summed E-state index contributed by atoms with van der Waals surface area (Å²) < 4.78 is 0. The zero-order chi connectivity index (χ0) is 36.2. The normalized spacial score (nSPS) is 9.57. The van der Waals surface area contributed by atoms with E-state index in [0.29, 0.717) is 52.4 Å². The molecule has 1 aromatic rings. The molecule has 1 rings (SSSR count). The van der Waals surface area contributed by atoms with Gasteiger partial charge in [0.05, 0.1) is 75.1 Å². The number of hydrogen-bond acceptors (Lipinski definition) is 16. The van der Waals surface area contributed by atoms with Crippen molar-refractivity contribution in [2.75, 3.05) is 105 Å². The van der Waals surface area contributed by atoms with E-state index in [1.54, 1.807) is 0 Å². The van der Waals surface area contributed by atoms with Gasteiger partial charge in [-0.05, 0) is 12.1 Å². The number of carbonyl (C=O) groups is 4. The molecule has 0 radical (unpaired) electrons. The highest BCUT2D eigenvalue weighted by Crippen LogP contribution is 2.20. The number of aromatic carboxylic acids is 4. The highest BCUT2D eigenvalue weighted by atomic mass is 16.4. The number of nitrogens with one attached hydrogen (secondary N) is 4. The van der Waals surface area contributed by atoms with Crippen molar-refractivity contribution in [2.45, 2.75) is 0 Å². The summed E-state index contributed by atoms with van der Waals surface area (Å²) in [7, 11) is 0. The number of aliphatic hydroxyl groups excluding tert-OH is 8. The third-order valence-corrected chi connectivity index (χ3v) is 4.40. The van der Waals surface area contributed by atoms with Crippen molar-refractivity contribution in [3.8, 4) is 0 Å². The van der Waals surface area contributed by atoms with Gasteiger partial charge in [0, 0.05) is 52.4 Å². The molecular formula is C26H50N4O16. The minimum absolute atomic E-state index is 0.139. The lowest BCUT2D eigenvalue weighted by atomic mass is 9.95. The van der Waals surface area contributed by atoms with E-state index in [0.717, 1.165) is 12.1 Å². The molecule has 0 aliphatic rings. The number of aliphatic hydroxyl groups is 8. The van der Waals surface area contributed by atoms with Crippen LogP contribution >= 0.6 is 0 Å². The Hall–Kier alpha value is -3.38. The summed E-state index contributed by atoms with van der Waals surface area (Å²) >= 11 is 0. The molecular weight excluding hydrogens is 624 g/mol. The van der Waals surface area contributed by atoms with Gasteiger partial charge >= 0.3 is 23.9 Å². The van der Waals surface area contributed by atoms with Crippen LogP contribution < -0.4 is 21.3 Å². The minimum Gasteiger partial charge on any atom is -0.478 e. The molecule has 20 nitrogen and oxygen atoms in total. The Morgan fingerprint density at radius 2 is 0.543 bits per heavy atom. The predicted octanol–water partition coefficient (Wildman–Crippen LogP) is -5.28. The van der Waals surface area contributed by atoms with Crippen molar-refractivity contribution in [3.63, 3.8) is 0 Å². The molecule has 0 saturated heterocycles. The van der Waals surface area contributed by atoms with Gasteiger partial charge in [-0.25, -0.2) is 19.2 Å². The molecule has 0 heterocycles. The first-order chi connectivity index (χ1) is 21.9. The van der Waals surface area contributed by atoms with Gasteiger partial charge < -0.3 is 82.5 Å². The highest BCUT2D eigenvalue weighted by molar-refractivity contribution is 6.13. The van der Waals surface area contributed by atoms with Crippen LogP contribution in [0.15, 0.2) is 12.1 Å². The van der Waals surface area contributed by atoms with E-state index in [2.05, 4.69) is 21.3 Å². The van der Waals surface area contributed by atoms with Crippen molar-refractivity contribution in [1.29, 1.82) is 0 Å². The van der Waals surface area contributed by atoms with Crippen LogP contribution in [0, 0.1) is 0 Å². The number of carboxylic acid groups (broad SMARTS) is 4. The smallest absolute Gasteiger partial charge is 0.337 e. The van der Waals surface area contributed by atoms with Crippen LogP contribution in [0.2, 0.25) is 0 Å². The number of carboxylic acids is 4. The summed E-state index contributed by atoms with van der Waals surface area (Å²) in [6.07, 6.45) is 0. The Bertz CT molecular complexity index is 802. The third-order valence-electron chi connectivity index (χ3n) is 4.40. The molecule has 0 bridgehead atoms. The SMILES string of the molecule is O=C(O)c1ccc(C(=O)O)c(C(=O)O)c1C(=O)O.OCCNCCO.OCCNCCO.OCCNCCO.OCCNCCO. The summed E-state index contributed by atoms with van der Waals surface area (Å²) in [5.41, 5.74) is -3.69. The molecule has 20 heteroatoms. The molecule has 0 spiro atoms. The summed E-state index contributed by atoms with van der Waals surface area (Å²) in [6.45, 7) is 5.67. The van der Waals surface area contributed by atoms with Gasteiger partial charge in [-0.3, -0.25) is 0 Å². The van der Waals surface area contributed by atoms with Gasteiger partial charge in [-0.15, -0.1) is 0 Å². The fourth-order valence-electron chi connectivity index (χ4n) is 2.54. The second-order valence-electron chi connectivity index (χ2n) is 7.92. The van der Waals surface area contributed by atoms with Gasteiger partial charge in [-0.1, -0.05) is 0 Å². The van der Waals surface area contributed by atoms with Crippen LogP contribution in [0.3, 0.4) is 0 Å². The Morgan fingerprint density at radius 3 is 0.652 bits per heavy atom. The first kappa shape index (κ1) is 49.5. The van der Waals surface area contributed by atoms with E-state index in [-0.39, 0.29) is 52.9 Å². The fraction of sp³-hybridized carbons (Fsp3) is 0.615. The van der Waals surface area contributed by atoms with Gasteiger partial charge in [-0.2, -0.15) is 0 Å². The molecule has 0 amide bonds. The predicted molar refractivity (Wildman–Crippen MR) is 162 cm³/mol. The van der Waals surface area contributed by atoms with E-state index in [9.17, 15) is 19.2 Å². The summed E-state index contributed by atoms with van der Waals surface area (Å²) in [6, 6.07) is 1.48. The zero-order valence-corrected chi connectivity index (χ0v) is 25.5. The quantitative estimate of drug-likeness (QED) is 0.0574. The van der Waals surface area contributed by atoms with E-state index >= 15 is 0 Å². The van der Waals surface area contributed by atoms with Gasteiger partial charge in [0.25, 0.3) is 0 Å². The van der Waals surface area contributed by atoms with Crippen LogP contribution in [0.1, 0.15) is 41.4 Å². The van der Waals surface area contributed by atoms with Crippen molar-refractivity contribution in [2.24, 2.45) is 0 Å². The molecule has 0 aliphatic heterocycles. The lowest BCUT2D eigenvalue weighted by Crippen LogP contribution is -2.21. The molecule has 0 atom stereocenters. The van der Waals surface area contributed by atoms with Gasteiger partial charge in [0.2, 0.25) is 0 Å². The third kappa shape index (κ3) is 30.6. The Morgan fingerprint density at radius 1 is 0.370 bits per heavy atom. The summed E-state index contributed by atoms with van der Waals surface area (Å²) in [4.78, 5) is 43.4. The fourth-order valence-corrected chi connectivity index (χ4v) is 2.54. The summed E-state index contributed by atoms with van der Waals surface area (Å²) in [5.74, 6) is -6.97. The lowest BCUT2D eigenvalue weighted by Gasteiger charge is -2.08. The highest BCUT2D eigenvalue weighted by Gasteiger charge is 2.29. The van der Waals surface area contributed by atoms with Crippen LogP contribution in [-0.4, -0.2) is 190 Å². The molecule has 1 aromatic carbocycles. The maximum atomic E-state index is 10.9. The second-order valence-corrected chi connectivity index (χ2v) is 7.92.